The zero-order valence-corrected chi connectivity index (χ0v) is 15.7. The van der Waals surface area contributed by atoms with Crippen LogP contribution in [0.5, 0.6) is 11.5 Å². The Balaban J connectivity index is 1.48. The molecule has 0 aromatic heterocycles. The number of rotatable bonds is 4. The standard InChI is InChI=1S/C21H18FN3OS/c1-13-3-7-17(8-4-13)27-25-24-14(2)15-5-9-20-18(11-15)23-19-12-16(22)6-10-21(19)26-20/h3-12,23,25H,1-2H3/b24-14+. The molecule has 0 spiro atoms. The van der Waals surface area contributed by atoms with Crippen molar-refractivity contribution in [2.75, 3.05) is 5.32 Å². The van der Waals surface area contributed by atoms with Crippen molar-refractivity contribution in [2.45, 2.75) is 18.7 Å². The first kappa shape index (κ1) is 17.4. The van der Waals surface area contributed by atoms with Crippen molar-refractivity contribution in [1.29, 1.82) is 0 Å². The number of ether oxygens (including phenoxy) is 1. The van der Waals surface area contributed by atoms with E-state index in [1.165, 1.54) is 29.6 Å². The summed E-state index contributed by atoms with van der Waals surface area (Å²) >= 11 is 1.45. The van der Waals surface area contributed by atoms with Crippen molar-refractivity contribution in [2.24, 2.45) is 5.10 Å². The largest absolute Gasteiger partial charge is 0.453 e. The van der Waals surface area contributed by atoms with Gasteiger partial charge in [0.2, 0.25) is 0 Å². The van der Waals surface area contributed by atoms with Crippen molar-refractivity contribution in [3.63, 3.8) is 0 Å². The average Bonchev–Trinajstić information content (AvgIpc) is 2.67. The zero-order valence-electron chi connectivity index (χ0n) is 14.9. The fraction of sp³-hybridized carbons (Fsp3) is 0.0952. The number of benzene rings is 3. The number of nitrogens with one attached hydrogen (secondary N) is 2. The minimum Gasteiger partial charge on any atom is -0.453 e. The Morgan fingerprint density at radius 1 is 1.00 bits per heavy atom. The molecule has 4 rings (SSSR count). The molecule has 0 radical (unpaired) electrons. The normalized spacial score (nSPS) is 12.5. The van der Waals surface area contributed by atoms with Gasteiger partial charge < -0.3 is 10.1 Å². The third-order valence-electron chi connectivity index (χ3n) is 4.23. The first-order chi connectivity index (χ1) is 13.1. The monoisotopic (exact) mass is 379 g/mol. The van der Waals surface area contributed by atoms with E-state index >= 15 is 0 Å². The van der Waals surface area contributed by atoms with E-state index in [9.17, 15) is 4.39 Å². The van der Waals surface area contributed by atoms with E-state index < -0.39 is 0 Å². The van der Waals surface area contributed by atoms with Gasteiger partial charge in [0, 0.05) is 22.9 Å². The summed E-state index contributed by atoms with van der Waals surface area (Å²) in [6, 6.07) is 18.4. The highest BCUT2D eigenvalue weighted by Gasteiger charge is 2.17. The number of halogens is 1. The minimum atomic E-state index is -0.306. The number of fused-ring (bicyclic) bond motifs is 2. The van der Waals surface area contributed by atoms with Crippen molar-refractivity contribution in [3.8, 4) is 11.5 Å². The Labute approximate surface area is 161 Å². The van der Waals surface area contributed by atoms with Gasteiger partial charge in [0.25, 0.3) is 0 Å². The second-order valence-corrected chi connectivity index (χ2v) is 7.14. The average molecular weight is 379 g/mol. The Morgan fingerprint density at radius 2 is 1.70 bits per heavy atom. The lowest BCUT2D eigenvalue weighted by Crippen LogP contribution is -2.06. The number of aryl methyl sites for hydroxylation is 1. The molecule has 4 nitrogen and oxygen atoms in total. The Kier molecular flexibility index (Phi) is 4.73. The fourth-order valence-electron chi connectivity index (χ4n) is 2.71. The predicted molar refractivity (Wildman–Crippen MR) is 109 cm³/mol. The van der Waals surface area contributed by atoms with Crippen LogP contribution in [0.25, 0.3) is 0 Å². The summed E-state index contributed by atoms with van der Waals surface area (Å²) in [5.41, 5.74) is 4.41. The first-order valence-corrected chi connectivity index (χ1v) is 9.32. The van der Waals surface area contributed by atoms with Crippen molar-refractivity contribution < 1.29 is 9.13 Å². The van der Waals surface area contributed by atoms with Crippen molar-refractivity contribution in [3.05, 3.63) is 77.6 Å². The van der Waals surface area contributed by atoms with Crippen LogP contribution >= 0.6 is 11.9 Å². The molecular weight excluding hydrogens is 361 g/mol. The first-order valence-electron chi connectivity index (χ1n) is 8.50. The van der Waals surface area contributed by atoms with E-state index in [2.05, 4.69) is 46.4 Å². The summed E-state index contributed by atoms with van der Waals surface area (Å²) in [5, 5.41) is 7.64. The molecule has 0 unspecified atom stereocenters. The lowest BCUT2D eigenvalue weighted by Gasteiger charge is -2.22. The van der Waals surface area contributed by atoms with E-state index in [0.29, 0.717) is 17.2 Å². The molecule has 0 saturated heterocycles. The number of anilines is 2. The lowest BCUT2D eigenvalue weighted by molar-refractivity contribution is 0.479. The number of hydrogen-bond acceptors (Lipinski definition) is 5. The van der Waals surface area contributed by atoms with Gasteiger partial charge in [-0.25, -0.2) is 9.22 Å². The zero-order chi connectivity index (χ0) is 18.8. The van der Waals surface area contributed by atoms with Gasteiger partial charge in [0.05, 0.1) is 17.1 Å². The number of nitrogens with zero attached hydrogens (tertiary/aromatic N) is 1. The highest BCUT2D eigenvalue weighted by Crippen LogP contribution is 2.42. The smallest absolute Gasteiger partial charge is 0.151 e. The van der Waals surface area contributed by atoms with Crippen LogP contribution < -0.4 is 14.9 Å². The fourth-order valence-corrected chi connectivity index (χ4v) is 3.27. The molecule has 0 atom stereocenters. The van der Waals surface area contributed by atoms with Gasteiger partial charge in [0.1, 0.15) is 5.82 Å². The minimum absolute atomic E-state index is 0.306. The molecule has 6 heteroatoms. The van der Waals surface area contributed by atoms with Crippen molar-refractivity contribution in [1.82, 2.24) is 4.83 Å². The Hall–Kier alpha value is -2.99. The third-order valence-corrected chi connectivity index (χ3v) is 4.92. The summed E-state index contributed by atoms with van der Waals surface area (Å²) in [6.45, 7) is 3.99. The summed E-state index contributed by atoms with van der Waals surface area (Å²) < 4.78 is 19.3. The molecule has 27 heavy (non-hydrogen) atoms. The molecule has 1 aliphatic rings. The molecule has 0 bridgehead atoms. The van der Waals surface area contributed by atoms with Crippen LogP contribution in [-0.4, -0.2) is 5.71 Å². The molecule has 0 fully saturated rings. The van der Waals surface area contributed by atoms with Gasteiger partial charge in [-0.15, -0.1) is 0 Å². The van der Waals surface area contributed by atoms with Gasteiger partial charge in [-0.1, -0.05) is 17.7 Å². The van der Waals surface area contributed by atoms with Crippen molar-refractivity contribution >= 4 is 29.0 Å². The van der Waals surface area contributed by atoms with Gasteiger partial charge in [-0.3, -0.25) is 0 Å². The molecule has 0 amide bonds. The van der Waals surface area contributed by atoms with Crippen LogP contribution in [0.2, 0.25) is 0 Å². The quantitative estimate of drug-likeness (QED) is 0.259. The summed E-state index contributed by atoms with van der Waals surface area (Å²) in [5.74, 6) is 1.00. The Bertz CT molecular complexity index is 1020. The van der Waals surface area contributed by atoms with E-state index in [1.54, 1.807) is 6.07 Å². The molecule has 2 N–H and O–H groups in total. The van der Waals surface area contributed by atoms with Gasteiger partial charge in [0.15, 0.2) is 11.5 Å². The van der Waals surface area contributed by atoms with Gasteiger partial charge >= 0.3 is 0 Å². The third kappa shape index (κ3) is 3.90. The molecule has 136 valence electrons. The van der Waals surface area contributed by atoms with Gasteiger partial charge in [-0.05, 0) is 61.9 Å². The molecule has 1 heterocycles. The van der Waals surface area contributed by atoms with E-state index in [1.807, 2.05) is 25.1 Å². The highest BCUT2D eigenvalue weighted by molar-refractivity contribution is 7.97. The molecule has 3 aromatic carbocycles. The highest BCUT2D eigenvalue weighted by atomic mass is 32.2. The number of hydrazone groups is 1. The summed E-state index contributed by atoms with van der Waals surface area (Å²) in [7, 11) is 0. The maximum absolute atomic E-state index is 13.5. The molecule has 1 aliphatic heterocycles. The summed E-state index contributed by atoms with van der Waals surface area (Å²) in [6.07, 6.45) is 0. The lowest BCUT2D eigenvalue weighted by atomic mass is 10.1. The second-order valence-electron chi connectivity index (χ2n) is 6.28. The van der Waals surface area contributed by atoms with E-state index in [4.69, 9.17) is 4.74 Å². The van der Waals surface area contributed by atoms with E-state index in [-0.39, 0.29) is 5.82 Å². The van der Waals surface area contributed by atoms with Crippen LogP contribution in [0.3, 0.4) is 0 Å². The molecular formula is C21H18FN3OS. The van der Waals surface area contributed by atoms with E-state index in [0.717, 1.165) is 21.9 Å². The molecule has 0 aliphatic carbocycles. The van der Waals surface area contributed by atoms with Gasteiger partial charge in [-0.2, -0.15) is 5.10 Å². The SMILES string of the molecule is C/C(=N\NSc1ccc(C)cc1)c1ccc2c(c1)Nc1cc(F)ccc1O2. The van der Waals surface area contributed by atoms with Crippen LogP contribution in [0.4, 0.5) is 15.8 Å². The van der Waals surface area contributed by atoms with Crippen LogP contribution in [-0.2, 0) is 0 Å². The maximum Gasteiger partial charge on any atom is 0.151 e. The summed E-state index contributed by atoms with van der Waals surface area (Å²) in [4.78, 5) is 4.12. The molecule has 3 aromatic rings. The topological polar surface area (TPSA) is 45.7 Å². The second kappa shape index (κ2) is 7.32. The molecule has 0 saturated carbocycles. The van der Waals surface area contributed by atoms with Crippen LogP contribution in [0, 0.1) is 12.7 Å². The Morgan fingerprint density at radius 3 is 2.48 bits per heavy atom. The van der Waals surface area contributed by atoms with Crippen LogP contribution in [0.1, 0.15) is 18.1 Å². The predicted octanol–water partition coefficient (Wildman–Crippen LogP) is 6.00. The maximum atomic E-state index is 13.5. The number of hydrogen-bond donors (Lipinski definition) is 2. The van der Waals surface area contributed by atoms with Crippen LogP contribution in [0.15, 0.2) is 70.7 Å².